The molecule has 0 aliphatic carbocycles. The second-order valence-electron chi connectivity index (χ2n) is 2.68. The van der Waals surface area contributed by atoms with E-state index < -0.39 is 0 Å². The van der Waals surface area contributed by atoms with Gasteiger partial charge in [0, 0.05) is 0 Å². The van der Waals surface area contributed by atoms with Gasteiger partial charge in [-0.15, -0.1) is 0 Å². The predicted molar refractivity (Wildman–Crippen MR) is 43.1 cm³/mol. The Morgan fingerprint density at radius 2 is 1.78 bits per heavy atom. The van der Waals surface area contributed by atoms with Crippen molar-refractivity contribution >= 4 is 22.9 Å². The van der Waals surface area contributed by atoms with E-state index in [0.29, 0.717) is 5.92 Å². The fourth-order valence-electron chi connectivity index (χ4n) is 0.545. The number of nitrogens with zero attached hydrogens (tertiary/aromatic N) is 1. The Balaban J connectivity index is 3.88. The first-order valence-electron chi connectivity index (χ1n) is 3.31. The molecule has 0 aliphatic heterocycles. The molecule has 0 bridgehead atoms. The van der Waals surface area contributed by atoms with Crippen molar-refractivity contribution in [2.75, 3.05) is 7.05 Å². The molecule has 0 spiro atoms. The van der Waals surface area contributed by atoms with Crippen molar-refractivity contribution in [1.82, 2.24) is 0 Å². The van der Waals surface area contributed by atoms with Gasteiger partial charge in [-0.05, 0) is 0 Å². The van der Waals surface area contributed by atoms with E-state index in [4.69, 9.17) is 0 Å². The van der Waals surface area contributed by atoms with Gasteiger partial charge in [0.15, 0.2) is 0 Å². The normalized spacial score (nSPS) is 16.3. The Labute approximate surface area is 67.9 Å². The van der Waals surface area contributed by atoms with E-state index >= 15 is 0 Å². The fourth-order valence-corrected chi connectivity index (χ4v) is 1.35. The molecule has 0 N–H and O–H groups in total. The molecule has 50 valence electrons. The summed E-state index contributed by atoms with van der Waals surface area (Å²) in [6.07, 6.45) is 0. The minimum atomic E-state index is 0.662. The monoisotopic (exact) mass is 181 g/mol. The van der Waals surface area contributed by atoms with Crippen LogP contribution in [0, 0.1) is 11.8 Å². The zero-order chi connectivity index (χ0) is 7.44. The first kappa shape index (κ1) is 9.31. The van der Waals surface area contributed by atoms with Crippen molar-refractivity contribution in [3.63, 3.8) is 0 Å². The average Bonchev–Trinajstić information content (AvgIpc) is 1.84. The molecule has 0 heterocycles. The van der Waals surface area contributed by atoms with Gasteiger partial charge in [0.2, 0.25) is 0 Å². The molecule has 0 aliphatic rings. The van der Waals surface area contributed by atoms with Crippen LogP contribution >= 0.6 is 0 Å². The molecule has 1 unspecified atom stereocenters. The summed E-state index contributed by atoms with van der Waals surface area (Å²) in [5.41, 5.74) is 0. The molecular formula is C7H14GaN. The van der Waals surface area contributed by atoms with Crippen LogP contribution in [0.4, 0.5) is 0 Å². The quantitative estimate of drug-likeness (QED) is 0.452. The van der Waals surface area contributed by atoms with Crippen molar-refractivity contribution in [1.29, 1.82) is 0 Å². The van der Waals surface area contributed by atoms with Gasteiger partial charge >= 0.3 is 67.5 Å². The summed E-state index contributed by atoms with van der Waals surface area (Å²) in [7, 11) is 1.87. The Hall–Kier alpha value is 0.306. The maximum absolute atomic E-state index is 4.15. The summed E-state index contributed by atoms with van der Waals surface area (Å²) in [6, 6.07) is 0. The molecule has 2 heteroatoms. The third-order valence-corrected chi connectivity index (χ3v) is 3.37. The van der Waals surface area contributed by atoms with Gasteiger partial charge in [0.1, 0.15) is 0 Å². The third kappa shape index (κ3) is 3.11. The summed E-state index contributed by atoms with van der Waals surface area (Å²) in [4.78, 5) is 4.15. The first-order chi connectivity index (χ1) is 4.09. The minimum absolute atomic E-state index is 0.662. The molecule has 1 nitrogen and oxygen atoms in total. The average molecular weight is 182 g/mol. The van der Waals surface area contributed by atoms with Crippen LogP contribution < -0.4 is 0 Å². The van der Waals surface area contributed by atoms with Crippen molar-refractivity contribution in [3.8, 4) is 0 Å². The molecule has 0 saturated heterocycles. The van der Waals surface area contributed by atoms with Gasteiger partial charge in [-0.3, -0.25) is 0 Å². The molecule has 0 aromatic rings. The Morgan fingerprint density at radius 3 is 1.89 bits per heavy atom. The van der Waals surface area contributed by atoms with E-state index in [1.807, 2.05) is 7.05 Å². The molecule has 9 heavy (non-hydrogen) atoms. The number of hydrogen-bond acceptors (Lipinski definition) is 1. The third-order valence-electron chi connectivity index (χ3n) is 1.72. The van der Waals surface area contributed by atoms with Gasteiger partial charge < -0.3 is 0 Å². The number of aliphatic imine (C=N–C) groups is 1. The molecule has 0 saturated carbocycles. The van der Waals surface area contributed by atoms with E-state index in [2.05, 4.69) is 25.8 Å². The molecule has 1 atom stereocenters. The van der Waals surface area contributed by atoms with Crippen molar-refractivity contribution in [2.24, 2.45) is 16.8 Å². The topological polar surface area (TPSA) is 12.4 Å². The molecule has 0 aromatic heterocycles. The van der Waals surface area contributed by atoms with Crippen LogP contribution in [0.1, 0.15) is 20.8 Å². The molecule has 0 aromatic carbocycles. The molecule has 0 rings (SSSR count). The Bertz CT molecular complexity index is 107. The number of rotatable bonds is 2. The Morgan fingerprint density at radius 1 is 1.33 bits per heavy atom. The van der Waals surface area contributed by atoms with E-state index in [1.165, 1.54) is 4.27 Å². The zero-order valence-corrected chi connectivity index (χ0v) is 9.10. The van der Waals surface area contributed by atoms with E-state index in [0.717, 1.165) is 5.92 Å². The number of hydrogen-bond donors (Lipinski definition) is 0. The van der Waals surface area contributed by atoms with Crippen LogP contribution in [0.2, 0.25) is 0 Å². The van der Waals surface area contributed by atoms with Crippen molar-refractivity contribution in [3.05, 3.63) is 0 Å². The van der Waals surface area contributed by atoms with Crippen LogP contribution in [0.15, 0.2) is 4.99 Å². The van der Waals surface area contributed by atoms with Crippen LogP contribution in [-0.4, -0.2) is 29.9 Å². The fraction of sp³-hybridized carbons (Fsp3) is 0.857. The van der Waals surface area contributed by atoms with Crippen molar-refractivity contribution < 1.29 is 0 Å². The SMILES string of the molecule is CN=[C]([Ga])C(C)C(C)C. The maximum atomic E-state index is 4.15. The van der Waals surface area contributed by atoms with Gasteiger partial charge in [-0.1, -0.05) is 0 Å². The predicted octanol–water partition coefficient (Wildman–Crippen LogP) is 1.48. The standard InChI is InChI=1S/C7H14N.Ga/c1-6(2)7(3)5-8-4;/h6-7H,1-4H3;. The summed E-state index contributed by atoms with van der Waals surface area (Å²) in [6.45, 7) is 6.69. The van der Waals surface area contributed by atoms with Gasteiger partial charge in [0.05, 0.1) is 0 Å². The second-order valence-corrected chi connectivity index (χ2v) is 3.92. The first-order valence-corrected chi connectivity index (χ1v) is 4.52. The molecular weight excluding hydrogens is 168 g/mol. The van der Waals surface area contributed by atoms with Crippen LogP contribution in [0.25, 0.3) is 0 Å². The van der Waals surface area contributed by atoms with Gasteiger partial charge in [-0.2, -0.15) is 0 Å². The van der Waals surface area contributed by atoms with E-state index in [1.54, 1.807) is 18.6 Å². The van der Waals surface area contributed by atoms with Gasteiger partial charge in [-0.25, -0.2) is 0 Å². The van der Waals surface area contributed by atoms with Crippen LogP contribution in [-0.2, 0) is 0 Å². The van der Waals surface area contributed by atoms with Crippen LogP contribution in [0.3, 0.4) is 0 Å². The summed E-state index contributed by atoms with van der Waals surface area (Å²) in [5, 5.41) is 0. The summed E-state index contributed by atoms with van der Waals surface area (Å²) >= 11 is 1.65. The zero-order valence-electron chi connectivity index (χ0n) is 6.68. The van der Waals surface area contributed by atoms with E-state index in [-0.39, 0.29) is 0 Å². The van der Waals surface area contributed by atoms with Crippen LogP contribution in [0.5, 0.6) is 0 Å². The second kappa shape index (κ2) is 4.17. The Kier molecular flexibility index (Phi) is 4.32. The molecule has 0 amide bonds. The van der Waals surface area contributed by atoms with Gasteiger partial charge in [0.25, 0.3) is 0 Å². The summed E-state index contributed by atoms with van der Waals surface area (Å²) in [5.74, 6) is 1.39. The summed E-state index contributed by atoms with van der Waals surface area (Å²) < 4.78 is 1.32. The molecule has 0 fully saturated rings. The molecule has 2 radical (unpaired) electrons. The van der Waals surface area contributed by atoms with Crippen molar-refractivity contribution in [2.45, 2.75) is 20.8 Å². The van der Waals surface area contributed by atoms with E-state index in [9.17, 15) is 0 Å².